The molecule has 0 unspecified atom stereocenters. The summed E-state index contributed by atoms with van der Waals surface area (Å²) in [5.74, 6) is 1.35. The Morgan fingerprint density at radius 1 is 1.06 bits per heavy atom. The van der Waals surface area contributed by atoms with Gasteiger partial charge in [-0.3, -0.25) is 14.5 Å². The summed E-state index contributed by atoms with van der Waals surface area (Å²) in [7, 11) is 3.30. The summed E-state index contributed by atoms with van der Waals surface area (Å²) in [5, 5.41) is 5.89. The predicted molar refractivity (Wildman–Crippen MR) is 126 cm³/mol. The van der Waals surface area contributed by atoms with Crippen molar-refractivity contribution >= 4 is 11.8 Å². The van der Waals surface area contributed by atoms with Crippen LogP contribution in [0.1, 0.15) is 51.0 Å². The normalized spacial score (nSPS) is 23.3. The van der Waals surface area contributed by atoms with Gasteiger partial charge >= 0.3 is 0 Å². The van der Waals surface area contributed by atoms with Crippen LogP contribution >= 0.6 is 0 Å². The molecule has 1 aromatic carbocycles. The molecule has 184 valence electrons. The Labute approximate surface area is 197 Å². The molecule has 0 radical (unpaired) electrons. The minimum absolute atomic E-state index is 0.00161. The molecule has 8 heteroatoms. The summed E-state index contributed by atoms with van der Waals surface area (Å²) in [5.41, 5.74) is 0.624. The fraction of sp³-hybridized carbons (Fsp3) is 0.680. The number of hydrogen-bond acceptors (Lipinski definition) is 6. The van der Waals surface area contributed by atoms with Crippen LogP contribution in [0.2, 0.25) is 0 Å². The van der Waals surface area contributed by atoms with Crippen LogP contribution in [0.3, 0.4) is 0 Å². The average molecular weight is 462 g/mol. The van der Waals surface area contributed by atoms with Gasteiger partial charge in [-0.1, -0.05) is 18.6 Å². The number of nitrogens with one attached hydrogen (secondary N) is 2. The highest BCUT2D eigenvalue weighted by molar-refractivity contribution is 5.89. The largest absolute Gasteiger partial charge is 0.493 e. The van der Waals surface area contributed by atoms with Crippen LogP contribution < -0.4 is 20.1 Å². The molecule has 2 heterocycles. The van der Waals surface area contributed by atoms with E-state index in [9.17, 15) is 9.59 Å². The molecule has 1 atom stereocenters. The first-order valence-corrected chi connectivity index (χ1v) is 12.1. The molecule has 2 fully saturated rings. The zero-order valence-corrected chi connectivity index (χ0v) is 20.3. The lowest BCUT2D eigenvalue weighted by Crippen LogP contribution is -2.53. The molecule has 8 nitrogen and oxygen atoms in total. The Hall–Kier alpha value is -2.32. The Balaban J connectivity index is 1.67. The molecule has 2 saturated heterocycles. The van der Waals surface area contributed by atoms with Crippen molar-refractivity contribution in [1.82, 2.24) is 15.5 Å². The van der Waals surface area contributed by atoms with Crippen molar-refractivity contribution in [2.24, 2.45) is 5.41 Å². The smallest absolute Gasteiger partial charge is 0.242 e. The quantitative estimate of drug-likeness (QED) is 0.716. The van der Waals surface area contributed by atoms with E-state index >= 15 is 0 Å². The van der Waals surface area contributed by atoms with Gasteiger partial charge in [0.1, 0.15) is 6.04 Å². The van der Waals surface area contributed by atoms with Crippen molar-refractivity contribution in [3.05, 3.63) is 23.8 Å². The second-order valence-electron chi connectivity index (χ2n) is 9.12. The molecular weight excluding hydrogens is 422 g/mol. The minimum Gasteiger partial charge on any atom is -0.493 e. The average Bonchev–Trinajstić information content (AvgIpc) is 2.83. The third-order valence-electron chi connectivity index (χ3n) is 6.87. The standard InChI is InChI=1S/C25H39N3O5/c1-19-23(29)26-13-7-17-33-16-5-4-10-25(24(30)27-19)11-14-28(15-12-25)18-20-8-6-9-21(31-2)22(20)32-3/h6,8-9,19H,4-5,7,10-18H2,1-3H3,(H,26,29)(H,27,30)/t19-/m0/s1. The summed E-state index contributed by atoms with van der Waals surface area (Å²) >= 11 is 0. The van der Waals surface area contributed by atoms with E-state index in [1.54, 1.807) is 21.1 Å². The van der Waals surface area contributed by atoms with Crippen molar-refractivity contribution in [3.63, 3.8) is 0 Å². The molecule has 2 amide bonds. The Kier molecular flexibility index (Phi) is 9.38. The zero-order chi connectivity index (χ0) is 23.7. The van der Waals surface area contributed by atoms with Crippen LogP contribution in [-0.2, 0) is 20.9 Å². The maximum absolute atomic E-state index is 13.4. The lowest BCUT2D eigenvalue weighted by molar-refractivity contribution is -0.138. The molecule has 2 N–H and O–H groups in total. The lowest BCUT2D eigenvalue weighted by atomic mass is 9.73. The van der Waals surface area contributed by atoms with Gasteiger partial charge in [0.15, 0.2) is 11.5 Å². The SMILES string of the molecule is COc1cccc(CN2CCC3(CCCCOCCCNC(=O)[C@H](C)NC3=O)CC2)c1OC. The van der Waals surface area contributed by atoms with E-state index in [4.69, 9.17) is 14.2 Å². The van der Waals surface area contributed by atoms with Gasteiger partial charge in [-0.05, 0) is 58.2 Å². The molecule has 0 bridgehead atoms. The first-order chi connectivity index (χ1) is 16.0. The summed E-state index contributed by atoms with van der Waals surface area (Å²) < 4.78 is 16.7. The van der Waals surface area contributed by atoms with Crippen LogP contribution in [0.5, 0.6) is 11.5 Å². The summed E-state index contributed by atoms with van der Waals surface area (Å²) in [6.45, 7) is 6.03. The molecule has 2 aliphatic heterocycles. The van der Waals surface area contributed by atoms with Crippen molar-refractivity contribution in [3.8, 4) is 11.5 Å². The first-order valence-electron chi connectivity index (χ1n) is 12.1. The number of likely N-dealkylation sites (tertiary alicyclic amines) is 1. The third-order valence-corrected chi connectivity index (χ3v) is 6.87. The third kappa shape index (κ3) is 6.60. The molecule has 0 aliphatic carbocycles. The molecule has 0 aromatic heterocycles. The second-order valence-corrected chi connectivity index (χ2v) is 9.12. The molecular formula is C25H39N3O5. The summed E-state index contributed by atoms with van der Waals surface area (Å²) in [6, 6.07) is 5.38. The van der Waals surface area contributed by atoms with Crippen LogP contribution in [0.15, 0.2) is 18.2 Å². The number of ether oxygens (including phenoxy) is 3. The minimum atomic E-state index is -0.544. The van der Waals surface area contributed by atoms with Gasteiger partial charge in [-0.25, -0.2) is 0 Å². The Morgan fingerprint density at radius 3 is 2.55 bits per heavy atom. The van der Waals surface area contributed by atoms with Gasteiger partial charge in [0.2, 0.25) is 11.8 Å². The van der Waals surface area contributed by atoms with E-state index < -0.39 is 11.5 Å². The second kappa shape index (κ2) is 12.2. The number of nitrogens with zero attached hydrogens (tertiary/aromatic N) is 1. The van der Waals surface area contributed by atoms with Gasteiger partial charge in [0, 0.05) is 31.9 Å². The van der Waals surface area contributed by atoms with Gasteiger partial charge in [0.25, 0.3) is 0 Å². The molecule has 3 rings (SSSR count). The van der Waals surface area contributed by atoms with Crippen molar-refractivity contribution in [2.45, 2.75) is 58.0 Å². The highest BCUT2D eigenvalue weighted by atomic mass is 16.5. The van der Waals surface area contributed by atoms with Crippen LogP contribution in [0.4, 0.5) is 0 Å². The van der Waals surface area contributed by atoms with Crippen LogP contribution in [0, 0.1) is 5.41 Å². The van der Waals surface area contributed by atoms with E-state index in [1.807, 2.05) is 12.1 Å². The predicted octanol–water partition coefficient (Wildman–Crippen LogP) is 2.50. The van der Waals surface area contributed by atoms with Gasteiger partial charge in [-0.15, -0.1) is 0 Å². The number of benzene rings is 1. The van der Waals surface area contributed by atoms with E-state index in [-0.39, 0.29) is 11.8 Å². The highest BCUT2D eigenvalue weighted by Crippen LogP contribution is 2.39. The Morgan fingerprint density at radius 2 is 1.82 bits per heavy atom. The maximum atomic E-state index is 13.4. The highest BCUT2D eigenvalue weighted by Gasteiger charge is 2.41. The van der Waals surface area contributed by atoms with E-state index in [0.717, 1.165) is 75.2 Å². The fourth-order valence-electron chi connectivity index (χ4n) is 4.77. The number of carbonyl (C=O) groups excluding carboxylic acids is 2. The van der Waals surface area contributed by atoms with E-state index in [0.29, 0.717) is 19.8 Å². The zero-order valence-electron chi connectivity index (χ0n) is 20.3. The molecule has 1 spiro atoms. The monoisotopic (exact) mass is 461 g/mol. The number of hydrogen-bond donors (Lipinski definition) is 2. The fourth-order valence-corrected chi connectivity index (χ4v) is 4.77. The Bertz CT molecular complexity index is 792. The number of carbonyl (C=O) groups is 2. The van der Waals surface area contributed by atoms with Crippen LogP contribution in [0.25, 0.3) is 0 Å². The number of piperidine rings is 1. The molecule has 2 aliphatic rings. The lowest BCUT2D eigenvalue weighted by Gasteiger charge is -2.41. The molecule has 33 heavy (non-hydrogen) atoms. The van der Waals surface area contributed by atoms with Gasteiger partial charge in [0.05, 0.1) is 19.6 Å². The van der Waals surface area contributed by atoms with Crippen LogP contribution in [-0.4, -0.2) is 69.8 Å². The van der Waals surface area contributed by atoms with E-state index in [1.165, 1.54) is 0 Å². The van der Waals surface area contributed by atoms with E-state index in [2.05, 4.69) is 21.6 Å². The van der Waals surface area contributed by atoms with Crippen molar-refractivity contribution < 1.29 is 23.8 Å². The topological polar surface area (TPSA) is 89.1 Å². The summed E-state index contributed by atoms with van der Waals surface area (Å²) in [4.78, 5) is 28.1. The van der Waals surface area contributed by atoms with Gasteiger partial charge in [-0.2, -0.15) is 0 Å². The summed E-state index contributed by atoms with van der Waals surface area (Å²) in [6.07, 6.45) is 5.01. The molecule has 0 saturated carbocycles. The number of rotatable bonds is 4. The van der Waals surface area contributed by atoms with Crippen molar-refractivity contribution in [2.75, 3.05) is 47.1 Å². The number of amides is 2. The number of methoxy groups -OCH3 is 2. The first kappa shape index (κ1) is 25.3. The number of para-hydroxylation sites is 1. The molecule has 1 aromatic rings. The van der Waals surface area contributed by atoms with Crippen molar-refractivity contribution in [1.29, 1.82) is 0 Å². The van der Waals surface area contributed by atoms with Gasteiger partial charge < -0.3 is 24.8 Å². The maximum Gasteiger partial charge on any atom is 0.242 e.